The fourth-order valence-corrected chi connectivity index (χ4v) is 2.52. The van der Waals surface area contributed by atoms with Gasteiger partial charge in [-0.2, -0.15) is 4.98 Å². The van der Waals surface area contributed by atoms with E-state index >= 15 is 0 Å². The molecule has 4 N–H and O–H groups in total. The number of amides is 1. The van der Waals surface area contributed by atoms with Gasteiger partial charge in [-0.15, -0.1) is 0 Å². The molecular formula is C14H18FN5O5. The normalized spacial score (nSPS) is 26.5. The van der Waals surface area contributed by atoms with Crippen LogP contribution in [0.1, 0.15) is 20.1 Å². The molecule has 0 spiro atoms. The Hall–Kier alpha value is -2.37. The number of hydrogen-bond donors (Lipinski definition) is 4. The fraction of sp³-hybridized carbons (Fsp3) is 0.571. The summed E-state index contributed by atoms with van der Waals surface area (Å²) in [5, 5.41) is 21.6. The Labute approximate surface area is 140 Å². The fourth-order valence-electron chi connectivity index (χ4n) is 2.52. The number of anilines is 1. The van der Waals surface area contributed by atoms with E-state index in [2.05, 4.69) is 20.3 Å². The molecule has 2 aromatic rings. The molecule has 136 valence electrons. The molecule has 1 aliphatic rings. The highest BCUT2D eigenvalue weighted by Crippen LogP contribution is 2.32. The molecule has 25 heavy (non-hydrogen) atoms. The van der Waals surface area contributed by atoms with Gasteiger partial charge in [0.15, 0.2) is 23.6 Å². The van der Waals surface area contributed by atoms with Crippen molar-refractivity contribution >= 4 is 23.0 Å². The first-order valence-electron chi connectivity index (χ1n) is 7.69. The summed E-state index contributed by atoms with van der Waals surface area (Å²) in [7, 11) is 0. The third-order valence-electron chi connectivity index (χ3n) is 3.94. The average molecular weight is 355 g/mol. The van der Waals surface area contributed by atoms with Crippen LogP contribution in [0, 0.1) is 5.92 Å². The van der Waals surface area contributed by atoms with Crippen LogP contribution in [0.5, 0.6) is 0 Å². The SMILES string of the molecule is CC(C)C(=O)Nc1nc2c(ncn2[C@@H]2O[C@H](CO)[C@@H](F)[C@@H]2O)c(=O)[nH]1. The smallest absolute Gasteiger partial charge is 0.280 e. The van der Waals surface area contributed by atoms with Crippen molar-refractivity contribution in [3.63, 3.8) is 0 Å². The Bertz CT molecular complexity index is 850. The minimum absolute atomic E-state index is 0.0117. The average Bonchev–Trinajstić information content (AvgIpc) is 3.10. The van der Waals surface area contributed by atoms with Crippen LogP contribution in [0.4, 0.5) is 10.3 Å². The second-order valence-electron chi connectivity index (χ2n) is 6.07. The number of hydrogen-bond acceptors (Lipinski definition) is 7. The van der Waals surface area contributed by atoms with E-state index in [-0.39, 0.29) is 28.9 Å². The molecule has 0 saturated carbocycles. The standard InChI is InChI=1S/C14H18FN5O5/c1-5(2)11(23)18-14-17-10-8(12(24)19-14)16-4-20(10)13-9(22)7(15)6(3-21)25-13/h4-7,9,13,21-22H,3H2,1-2H3,(H2,17,18,19,23,24)/t6-,7-,9+,13-/m1/s1. The maximum absolute atomic E-state index is 13.9. The van der Waals surface area contributed by atoms with E-state index in [9.17, 15) is 19.1 Å². The lowest BCUT2D eigenvalue weighted by Gasteiger charge is -2.16. The number of nitrogens with zero attached hydrogens (tertiary/aromatic N) is 3. The molecule has 11 heteroatoms. The highest BCUT2D eigenvalue weighted by molar-refractivity contribution is 5.91. The minimum atomic E-state index is -1.80. The molecule has 0 radical (unpaired) electrons. The number of aromatic amines is 1. The van der Waals surface area contributed by atoms with E-state index in [0.717, 1.165) is 0 Å². The number of alkyl halides is 1. The van der Waals surface area contributed by atoms with E-state index in [1.807, 2.05) is 0 Å². The first kappa shape index (κ1) is 17.5. The number of nitrogens with one attached hydrogen (secondary N) is 2. The molecule has 10 nitrogen and oxygen atoms in total. The lowest BCUT2D eigenvalue weighted by Crippen LogP contribution is -2.29. The van der Waals surface area contributed by atoms with Crippen LogP contribution in [-0.2, 0) is 9.53 Å². The number of imidazole rings is 1. The van der Waals surface area contributed by atoms with Gasteiger partial charge in [0.1, 0.15) is 12.2 Å². The van der Waals surface area contributed by atoms with Crippen molar-refractivity contribution in [2.45, 2.75) is 38.5 Å². The zero-order valence-corrected chi connectivity index (χ0v) is 13.5. The second-order valence-corrected chi connectivity index (χ2v) is 6.07. The Morgan fingerprint density at radius 3 is 2.88 bits per heavy atom. The number of carbonyl (C=O) groups is 1. The van der Waals surface area contributed by atoms with E-state index in [4.69, 9.17) is 9.84 Å². The topological polar surface area (TPSA) is 142 Å². The number of rotatable bonds is 4. The summed E-state index contributed by atoms with van der Waals surface area (Å²) in [6.07, 6.45) is -4.58. The summed E-state index contributed by atoms with van der Waals surface area (Å²) in [6, 6.07) is 0. The van der Waals surface area contributed by atoms with Crippen LogP contribution in [0.15, 0.2) is 11.1 Å². The van der Waals surface area contributed by atoms with E-state index in [1.165, 1.54) is 10.9 Å². The van der Waals surface area contributed by atoms with Gasteiger partial charge >= 0.3 is 0 Å². The first-order valence-corrected chi connectivity index (χ1v) is 7.69. The van der Waals surface area contributed by atoms with Crippen molar-refractivity contribution in [1.29, 1.82) is 0 Å². The zero-order valence-electron chi connectivity index (χ0n) is 13.5. The van der Waals surface area contributed by atoms with Gasteiger partial charge in [0.25, 0.3) is 5.56 Å². The summed E-state index contributed by atoms with van der Waals surface area (Å²) in [4.78, 5) is 34.3. The van der Waals surface area contributed by atoms with Gasteiger partial charge in [-0.3, -0.25) is 24.5 Å². The molecule has 0 bridgehead atoms. The number of aliphatic hydroxyl groups excluding tert-OH is 2. The van der Waals surface area contributed by atoms with Crippen molar-refractivity contribution in [2.75, 3.05) is 11.9 Å². The maximum atomic E-state index is 13.9. The predicted octanol–water partition coefficient (Wildman–Crippen LogP) is -0.697. The van der Waals surface area contributed by atoms with Gasteiger partial charge in [0.05, 0.1) is 12.9 Å². The van der Waals surface area contributed by atoms with Gasteiger partial charge in [-0.25, -0.2) is 9.37 Å². The van der Waals surface area contributed by atoms with E-state index < -0.39 is 36.8 Å². The molecule has 2 aromatic heterocycles. The third kappa shape index (κ3) is 3.01. The molecule has 3 rings (SSSR count). The highest BCUT2D eigenvalue weighted by Gasteiger charge is 2.45. The largest absolute Gasteiger partial charge is 0.394 e. The molecular weight excluding hydrogens is 337 g/mol. The zero-order chi connectivity index (χ0) is 18.3. The van der Waals surface area contributed by atoms with Crippen molar-refractivity contribution in [2.24, 2.45) is 5.92 Å². The summed E-state index contributed by atoms with van der Waals surface area (Å²) in [6.45, 7) is 2.75. The predicted molar refractivity (Wildman–Crippen MR) is 83.5 cm³/mol. The molecule has 4 atom stereocenters. The molecule has 0 unspecified atom stereocenters. The van der Waals surface area contributed by atoms with Gasteiger partial charge in [-0.1, -0.05) is 13.8 Å². The molecule has 0 aromatic carbocycles. The molecule has 3 heterocycles. The minimum Gasteiger partial charge on any atom is -0.394 e. The van der Waals surface area contributed by atoms with Crippen molar-refractivity contribution in [3.8, 4) is 0 Å². The van der Waals surface area contributed by atoms with Gasteiger partial charge < -0.3 is 14.9 Å². The number of halogens is 1. The van der Waals surface area contributed by atoms with Gasteiger partial charge in [0, 0.05) is 5.92 Å². The summed E-state index contributed by atoms with van der Waals surface area (Å²) in [5.41, 5.74) is -0.648. The van der Waals surface area contributed by atoms with Crippen molar-refractivity contribution in [3.05, 3.63) is 16.7 Å². The van der Waals surface area contributed by atoms with Crippen LogP contribution in [-0.4, -0.2) is 60.6 Å². The van der Waals surface area contributed by atoms with Crippen molar-refractivity contribution in [1.82, 2.24) is 19.5 Å². The monoisotopic (exact) mass is 355 g/mol. The quantitative estimate of drug-likeness (QED) is 0.568. The maximum Gasteiger partial charge on any atom is 0.280 e. The molecule has 1 fully saturated rings. The Balaban J connectivity index is 2.01. The Kier molecular flexibility index (Phi) is 4.54. The van der Waals surface area contributed by atoms with Gasteiger partial charge in [0.2, 0.25) is 11.9 Å². The van der Waals surface area contributed by atoms with Crippen LogP contribution >= 0.6 is 0 Å². The van der Waals surface area contributed by atoms with Gasteiger partial charge in [-0.05, 0) is 0 Å². The third-order valence-corrected chi connectivity index (χ3v) is 3.94. The lowest BCUT2D eigenvalue weighted by molar-refractivity contribution is -0.118. The second kappa shape index (κ2) is 6.50. The van der Waals surface area contributed by atoms with Crippen LogP contribution in [0.2, 0.25) is 0 Å². The molecule has 1 aliphatic heterocycles. The summed E-state index contributed by atoms with van der Waals surface area (Å²) in [5.74, 6) is -0.778. The highest BCUT2D eigenvalue weighted by atomic mass is 19.1. The summed E-state index contributed by atoms with van der Waals surface area (Å²) >= 11 is 0. The molecule has 1 saturated heterocycles. The lowest BCUT2D eigenvalue weighted by atomic mass is 10.1. The number of aliphatic hydroxyl groups is 2. The van der Waals surface area contributed by atoms with Crippen LogP contribution < -0.4 is 10.9 Å². The van der Waals surface area contributed by atoms with Crippen LogP contribution in [0.3, 0.4) is 0 Å². The van der Waals surface area contributed by atoms with Crippen molar-refractivity contribution < 1.29 is 24.1 Å². The molecule has 0 aliphatic carbocycles. The summed E-state index contributed by atoms with van der Waals surface area (Å²) < 4.78 is 20.4. The number of H-pyrrole nitrogens is 1. The molecule has 1 amide bonds. The Morgan fingerprint density at radius 2 is 2.28 bits per heavy atom. The Morgan fingerprint density at radius 1 is 1.56 bits per heavy atom. The van der Waals surface area contributed by atoms with E-state index in [1.54, 1.807) is 13.8 Å². The first-order chi connectivity index (χ1) is 11.8. The number of aromatic nitrogens is 4. The number of carbonyl (C=O) groups excluding carboxylic acids is 1. The van der Waals surface area contributed by atoms with Crippen LogP contribution in [0.25, 0.3) is 11.2 Å². The number of fused-ring (bicyclic) bond motifs is 1. The number of ether oxygens (including phenoxy) is 1. The van der Waals surface area contributed by atoms with E-state index in [0.29, 0.717) is 0 Å².